The van der Waals surface area contributed by atoms with Gasteiger partial charge in [-0.05, 0) is 74.6 Å². The molecule has 1 heteroatoms. The van der Waals surface area contributed by atoms with Crippen molar-refractivity contribution >= 4 is 11.4 Å². The number of hydrogen-bond donors (Lipinski definition) is 0. The third-order valence-corrected chi connectivity index (χ3v) is 4.05. The molecular weight excluding hydrogens is 230 g/mol. The number of benzene rings is 2. The van der Waals surface area contributed by atoms with Gasteiger partial charge in [0.1, 0.15) is 0 Å². The molecule has 0 atom stereocenters. The maximum atomic E-state index is 2.30. The molecule has 0 radical (unpaired) electrons. The summed E-state index contributed by atoms with van der Waals surface area (Å²) in [4.78, 5) is 2.30. The average molecular weight is 253 g/mol. The van der Waals surface area contributed by atoms with E-state index in [1.807, 2.05) is 0 Å². The van der Waals surface area contributed by atoms with Crippen molar-refractivity contribution in [2.24, 2.45) is 0 Å². The van der Waals surface area contributed by atoms with Crippen LogP contribution in [0, 0.1) is 34.6 Å². The molecular formula is C18H23N. The summed E-state index contributed by atoms with van der Waals surface area (Å²) in [5.74, 6) is 0. The second kappa shape index (κ2) is 5.08. The van der Waals surface area contributed by atoms with Crippen LogP contribution in [-0.4, -0.2) is 7.05 Å². The van der Waals surface area contributed by atoms with E-state index in [0.717, 1.165) is 0 Å². The monoisotopic (exact) mass is 253 g/mol. The zero-order valence-corrected chi connectivity index (χ0v) is 12.8. The summed E-state index contributed by atoms with van der Waals surface area (Å²) in [6.07, 6.45) is 0. The van der Waals surface area contributed by atoms with Gasteiger partial charge in [0.05, 0.1) is 0 Å². The molecule has 0 spiro atoms. The minimum atomic E-state index is 1.25. The van der Waals surface area contributed by atoms with Crippen LogP contribution >= 0.6 is 0 Å². The van der Waals surface area contributed by atoms with Gasteiger partial charge in [-0.3, -0.25) is 0 Å². The van der Waals surface area contributed by atoms with Crippen molar-refractivity contribution < 1.29 is 0 Å². The van der Waals surface area contributed by atoms with Gasteiger partial charge in [0.2, 0.25) is 0 Å². The smallest absolute Gasteiger partial charge is 0.0472 e. The molecule has 0 aliphatic rings. The Morgan fingerprint density at radius 3 is 1.89 bits per heavy atom. The van der Waals surface area contributed by atoms with E-state index in [0.29, 0.717) is 0 Å². The lowest BCUT2D eigenvalue weighted by Crippen LogP contribution is -2.14. The lowest BCUT2D eigenvalue weighted by atomic mass is 9.97. The Morgan fingerprint density at radius 1 is 0.789 bits per heavy atom. The van der Waals surface area contributed by atoms with Gasteiger partial charge in [-0.25, -0.2) is 0 Å². The molecule has 2 rings (SSSR count). The first kappa shape index (κ1) is 13.7. The van der Waals surface area contributed by atoms with Crippen LogP contribution < -0.4 is 4.90 Å². The molecule has 0 bridgehead atoms. The molecule has 0 amide bonds. The highest BCUT2D eigenvalue weighted by atomic mass is 15.1. The van der Waals surface area contributed by atoms with Crippen LogP contribution in [0.25, 0.3) is 0 Å². The second-order valence-corrected chi connectivity index (χ2v) is 5.51. The molecule has 2 aromatic rings. The first-order chi connectivity index (χ1) is 8.91. The predicted molar refractivity (Wildman–Crippen MR) is 84.6 cm³/mol. The Hall–Kier alpha value is -1.76. The van der Waals surface area contributed by atoms with Gasteiger partial charge in [0.15, 0.2) is 0 Å². The van der Waals surface area contributed by atoms with Gasteiger partial charge < -0.3 is 4.90 Å². The zero-order chi connectivity index (χ0) is 14.2. The fraction of sp³-hybridized carbons (Fsp3) is 0.333. The Bertz CT molecular complexity index is 585. The quantitative estimate of drug-likeness (QED) is 0.728. The van der Waals surface area contributed by atoms with Crippen LogP contribution in [0.15, 0.2) is 30.3 Å². The van der Waals surface area contributed by atoms with Crippen molar-refractivity contribution in [3.63, 3.8) is 0 Å². The molecule has 0 N–H and O–H groups in total. The molecule has 0 aliphatic carbocycles. The number of aryl methyl sites for hydroxylation is 3. The molecule has 19 heavy (non-hydrogen) atoms. The van der Waals surface area contributed by atoms with Gasteiger partial charge in [-0.2, -0.15) is 0 Å². The molecule has 100 valence electrons. The van der Waals surface area contributed by atoms with Crippen molar-refractivity contribution in [3.8, 4) is 0 Å². The van der Waals surface area contributed by atoms with Crippen LogP contribution in [0.1, 0.15) is 27.8 Å². The van der Waals surface area contributed by atoms with Crippen LogP contribution in [0.2, 0.25) is 0 Å². The number of hydrogen-bond acceptors (Lipinski definition) is 1. The van der Waals surface area contributed by atoms with E-state index in [4.69, 9.17) is 0 Å². The lowest BCUT2D eigenvalue weighted by Gasteiger charge is -2.26. The van der Waals surface area contributed by atoms with E-state index in [1.165, 1.54) is 39.2 Å². The van der Waals surface area contributed by atoms with Crippen molar-refractivity contribution in [1.82, 2.24) is 0 Å². The SMILES string of the molecule is Cc1cccc(N(C)c2c(C)c(C)cc(C)c2C)c1. The maximum Gasteiger partial charge on any atom is 0.0472 e. The molecule has 0 unspecified atom stereocenters. The summed E-state index contributed by atoms with van der Waals surface area (Å²) in [5.41, 5.74) is 9.33. The molecule has 0 saturated carbocycles. The summed E-state index contributed by atoms with van der Waals surface area (Å²) in [6.45, 7) is 10.9. The third kappa shape index (κ3) is 2.51. The third-order valence-electron chi connectivity index (χ3n) is 4.05. The number of anilines is 2. The van der Waals surface area contributed by atoms with Crippen LogP contribution in [0.5, 0.6) is 0 Å². The van der Waals surface area contributed by atoms with Gasteiger partial charge in [0.25, 0.3) is 0 Å². The first-order valence-electron chi connectivity index (χ1n) is 6.79. The van der Waals surface area contributed by atoms with Gasteiger partial charge in [0, 0.05) is 18.4 Å². The molecule has 0 fully saturated rings. The molecule has 0 heterocycles. The van der Waals surface area contributed by atoms with Crippen molar-refractivity contribution in [2.45, 2.75) is 34.6 Å². The Balaban J connectivity index is 2.59. The summed E-state index contributed by atoms with van der Waals surface area (Å²) >= 11 is 0. The van der Waals surface area contributed by atoms with E-state index in [1.54, 1.807) is 0 Å². The summed E-state index contributed by atoms with van der Waals surface area (Å²) < 4.78 is 0. The van der Waals surface area contributed by atoms with Crippen LogP contribution in [0.4, 0.5) is 11.4 Å². The molecule has 0 saturated heterocycles. The normalized spacial score (nSPS) is 10.6. The minimum absolute atomic E-state index is 1.25. The molecule has 1 nitrogen and oxygen atoms in total. The van der Waals surface area contributed by atoms with Crippen molar-refractivity contribution in [2.75, 3.05) is 11.9 Å². The zero-order valence-electron chi connectivity index (χ0n) is 12.8. The molecule has 2 aromatic carbocycles. The predicted octanol–water partition coefficient (Wildman–Crippen LogP) is 5.00. The molecule has 0 aliphatic heterocycles. The summed E-state index contributed by atoms with van der Waals surface area (Å²) in [7, 11) is 2.16. The van der Waals surface area contributed by atoms with E-state index in [2.05, 4.69) is 76.9 Å². The van der Waals surface area contributed by atoms with Crippen molar-refractivity contribution in [3.05, 3.63) is 58.1 Å². The average Bonchev–Trinajstić information content (AvgIpc) is 2.36. The Kier molecular flexibility index (Phi) is 3.66. The number of nitrogens with zero attached hydrogens (tertiary/aromatic N) is 1. The largest absolute Gasteiger partial charge is 0.344 e. The van der Waals surface area contributed by atoms with Gasteiger partial charge in [-0.15, -0.1) is 0 Å². The Morgan fingerprint density at radius 2 is 1.37 bits per heavy atom. The van der Waals surface area contributed by atoms with E-state index in [-0.39, 0.29) is 0 Å². The molecule has 0 aromatic heterocycles. The summed E-state index contributed by atoms with van der Waals surface area (Å²) in [6, 6.07) is 10.9. The van der Waals surface area contributed by atoms with E-state index in [9.17, 15) is 0 Å². The Labute approximate surface area is 116 Å². The summed E-state index contributed by atoms with van der Waals surface area (Å²) in [5, 5.41) is 0. The topological polar surface area (TPSA) is 3.24 Å². The fourth-order valence-electron chi connectivity index (χ4n) is 2.66. The highest BCUT2D eigenvalue weighted by Crippen LogP contribution is 2.33. The highest BCUT2D eigenvalue weighted by molar-refractivity contribution is 5.71. The first-order valence-corrected chi connectivity index (χ1v) is 6.79. The van der Waals surface area contributed by atoms with Crippen LogP contribution in [0.3, 0.4) is 0 Å². The lowest BCUT2D eigenvalue weighted by molar-refractivity contribution is 1.12. The minimum Gasteiger partial charge on any atom is -0.344 e. The van der Waals surface area contributed by atoms with Crippen LogP contribution in [-0.2, 0) is 0 Å². The fourth-order valence-corrected chi connectivity index (χ4v) is 2.66. The van der Waals surface area contributed by atoms with E-state index >= 15 is 0 Å². The van der Waals surface area contributed by atoms with Gasteiger partial charge >= 0.3 is 0 Å². The standard InChI is InChI=1S/C18H23N/c1-12-8-7-9-17(10-12)19(6)18-15(4)13(2)11-14(3)16(18)5/h7-11H,1-6H3. The maximum absolute atomic E-state index is 2.30. The number of rotatable bonds is 2. The second-order valence-electron chi connectivity index (χ2n) is 5.51. The van der Waals surface area contributed by atoms with Crippen molar-refractivity contribution in [1.29, 1.82) is 0 Å². The van der Waals surface area contributed by atoms with E-state index < -0.39 is 0 Å². The highest BCUT2D eigenvalue weighted by Gasteiger charge is 2.13. The van der Waals surface area contributed by atoms with Gasteiger partial charge in [-0.1, -0.05) is 18.2 Å².